The molecule has 0 spiro atoms. The molecule has 21 heavy (non-hydrogen) atoms. The first-order valence-electron chi connectivity index (χ1n) is 6.92. The minimum Gasteiger partial charge on any atom is -0.479 e. The van der Waals surface area contributed by atoms with Gasteiger partial charge in [0.25, 0.3) is 0 Å². The predicted molar refractivity (Wildman–Crippen MR) is 74.6 cm³/mol. The molecule has 6 heteroatoms. The van der Waals surface area contributed by atoms with Gasteiger partial charge < -0.3 is 19.9 Å². The fraction of sp³-hybridized carbons (Fsp3) is 0.467. The van der Waals surface area contributed by atoms with Crippen molar-refractivity contribution in [3.8, 4) is 0 Å². The smallest absolute Gasteiger partial charge is 0.332 e. The Labute approximate surface area is 123 Å². The second kappa shape index (κ2) is 7.75. The first-order valence-corrected chi connectivity index (χ1v) is 6.92. The van der Waals surface area contributed by atoms with Crippen LogP contribution in [-0.4, -0.2) is 42.3 Å². The van der Waals surface area contributed by atoms with Gasteiger partial charge in [-0.1, -0.05) is 30.3 Å². The zero-order valence-corrected chi connectivity index (χ0v) is 11.7. The minimum absolute atomic E-state index is 0.0238. The van der Waals surface area contributed by atoms with Gasteiger partial charge in [0.15, 0.2) is 6.10 Å². The Kier molecular flexibility index (Phi) is 5.71. The quantitative estimate of drug-likeness (QED) is 0.782. The zero-order chi connectivity index (χ0) is 15.1. The third-order valence-electron chi connectivity index (χ3n) is 3.25. The van der Waals surface area contributed by atoms with Gasteiger partial charge in [-0.05, 0) is 18.4 Å². The minimum atomic E-state index is -0.949. The Morgan fingerprint density at radius 3 is 2.71 bits per heavy atom. The van der Waals surface area contributed by atoms with Gasteiger partial charge >= 0.3 is 5.97 Å². The number of hydrogen-bond acceptors (Lipinski definition) is 4. The molecular weight excluding hydrogens is 274 g/mol. The van der Waals surface area contributed by atoms with Crippen LogP contribution in [0.25, 0.3) is 0 Å². The Morgan fingerprint density at radius 1 is 1.29 bits per heavy atom. The third-order valence-corrected chi connectivity index (χ3v) is 3.25. The molecule has 1 fully saturated rings. The van der Waals surface area contributed by atoms with E-state index in [2.05, 4.69) is 5.32 Å². The number of amides is 1. The van der Waals surface area contributed by atoms with Gasteiger partial charge in [0.1, 0.15) is 6.61 Å². The SMILES string of the molecule is O=C(COCc1ccccc1)NCC1CCC(C(=O)O)O1. The number of carboxylic acid groups (broad SMARTS) is 1. The maximum absolute atomic E-state index is 11.6. The number of aliphatic carboxylic acids is 1. The lowest BCUT2D eigenvalue weighted by molar-refractivity contribution is -0.149. The Balaban J connectivity index is 1.59. The molecule has 0 radical (unpaired) electrons. The standard InChI is InChI=1S/C15H19NO5/c17-14(10-20-9-11-4-2-1-3-5-11)16-8-12-6-7-13(21-12)15(18)19/h1-5,12-13H,6-10H2,(H,16,17)(H,18,19). The summed E-state index contributed by atoms with van der Waals surface area (Å²) in [4.78, 5) is 22.3. The second-order valence-corrected chi connectivity index (χ2v) is 4.94. The van der Waals surface area contributed by atoms with Crippen molar-refractivity contribution >= 4 is 11.9 Å². The summed E-state index contributed by atoms with van der Waals surface area (Å²) in [6.45, 7) is 0.677. The molecule has 0 aliphatic carbocycles. The maximum atomic E-state index is 11.6. The molecule has 1 amide bonds. The van der Waals surface area contributed by atoms with Crippen molar-refractivity contribution in [3.63, 3.8) is 0 Å². The van der Waals surface area contributed by atoms with Crippen molar-refractivity contribution < 1.29 is 24.2 Å². The highest BCUT2D eigenvalue weighted by Crippen LogP contribution is 2.19. The molecule has 2 N–H and O–H groups in total. The van der Waals surface area contributed by atoms with E-state index in [1.54, 1.807) is 0 Å². The zero-order valence-electron chi connectivity index (χ0n) is 11.7. The molecule has 1 heterocycles. The van der Waals surface area contributed by atoms with E-state index in [0.717, 1.165) is 5.56 Å². The monoisotopic (exact) mass is 293 g/mol. The number of carbonyl (C=O) groups excluding carboxylic acids is 1. The highest BCUT2D eigenvalue weighted by molar-refractivity contribution is 5.77. The van der Waals surface area contributed by atoms with Gasteiger partial charge in [0.2, 0.25) is 5.91 Å². The third kappa shape index (κ3) is 5.17. The lowest BCUT2D eigenvalue weighted by Gasteiger charge is -2.12. The average molecular weight is 293 g/mol. The number of rotatable bonds is 7. The summed E-state index contributed by atoms with van der Waals surface area (Å²) in [6.07, 6.45) is 0.146. The molecular formula is C15H19NO5. The van der Waals surface area contributed by atoms with E-state index in [1.165, 1.54) is 0 Å². The van der Waals surface area contributed by atoms with E-state index in [4.69, 9.17) is 14.6 Å². The van der Waals surface area contributed by atoms with E-state index in [1.807, 2.05) is 30.3 Å². The molecule has 1 saturated heterocycles. The second-order valence-electron chi connectivity index (χ2n) is 4.94. The molecule has 2 rings (SSSR count). The number of carboxylic acids is 1. The van der Waals surface area contributed by atoms with Gasteiger partial charge in [0.05, 0.1) is 12.7 Å². The Hall–Kier alpha value is -1.92. The summed E-state index contributed by atoms with van der Waals surface area (Å²) >= 11 is 0. The van der Waals surface area contributed by atoms with Crippen LogP contribution in [0.4, 0.5) is 0 Å². The largest absolute Gasteiger partial charge is 0.479 e. The van der Waals surface area contributed by atoms with Crippen LogP contribution in [0.2, 0.25) is 0 Å². The van der Waals surface area contributed by atoms with Crippen LogP contribution in [0, 0.1) is 0 Å². The van der Waals surface area contributed by atoms with Crippen LogP contribution in [-0.2, 0) is 25.7 Å². The fourth-order valence-electron chi connectivity index (χ4n) is 2.15. The topological polar surface area (TPSA) is 84.9 Å². The van der Waals surface area contributed by atoms with Gasteiger partial charge in [-0.3, -0.25) is 4.79 Å². The van der Waals surface area contributed by atoms with E-state index in [9.17, 15) is 9.59 Å². The van der Waals surface area contributed by atoms with E-state index < -0.39 is 12.1 Å². The van der Waals surface area contributed by atoms with Crippen molar-refractivity contribution in [2.24, 2.45) is 0 Å². The molecule has 1 aliphatic heterocycles. The van der Waals surface area contributed by atoms with Crippen molar-refractivity contribution in [1.29, 1.82) is 0 Å². The molecule has 1 aliphatic rings. The van der Waals surface area contributed by atoms with Crippen molar-refractivity contribution in [3.05, 3.63) is 35.9 Å². The molecule has 1 aromatic carbocycles. The van der Waals surface area contributed by atoms with E-state index in [0.29, 0.717) is 26.0 Å². The van der Waals surface area contributed by atoms with Crippen molar-refractivity contribution in [1.82, 2.24) is 5.32 Å². The van der Waals surface area contributed by atoms with Gasteiger partial charge in [-0.15, -0.1) is 0 Å². The molecule has 6 nitrogen and oxygen atoms in total. The Bertz CT molecular complexity index is 476. The van der Waals surface area contributed by atoms with Crippen LogP contribution in [0.5, 0.6) is 0 Å². The molecule has 0 bridgehead atoms. The van der Waals surface area contributed by atoms with Gasteiger partial charge in [-0.25, -0.2) is 4.79 Å². The predicted octanol–water partition coefficient (Wildman–Crippen LogP) is 0.952. The Morgan fingerprint density at radius 2 is 2.05 bits per heavy atom. The van der Waals surface area contributed by atoms with Crippen LogP contribution >= 0.6 is 0 Å². The number of nitrogens with one attached hydrogen (secondary N) is 1. The normalized spacial score (nSPS) is 21.1. The lowest BCUT2D eigenvalue weighted by atomic mass is 10.2. The van der Waals surface area contributed by atoms with Crippen LogP contribution in [0.1, 0.15) is 18.4 Å². The summed E-state index contributed by atoms with van der Waals surface area (Å²) in [5, 5.41) is 11.5. The van der Waals surface area contributed by atoms with Crippen molar-refractivity contribution in [2.45, 2.75) is 31.7 Å². The highest BCUT2D eigenvalue weighted by Gasteiger charge is 2.30. The average Bonchev–Trinajstić information content (AvgIpc) is 2.95. The van der Waals surface area contributed by atoms with Crippen molar-refractivity contribution in [2.75, 3.05) is 13.2 Å². The van der Waals surface area contributed by atoms with Crippen LogP contribution < -0.4 is 5.32 Å². The number of carbonyl (C=O) groups is 2. The summed E-state index contributed by atoms with van der Waals surface area (Å²) in [7, 11) is 0. The number of benzene rings is 1. The summed E-state index contributed by atoms with van der Waals surface area (Å²) in [5.41, 5.74) is 1.01. The lowest BCUT2D eigenvalue weighted by Crippen LogP contribution is -2.35. The molecule has 0 aromatic heterocycles. The first-order chi connectivity index (χ1) is 10.1. The van der Waals surface area contributed by atoms with E-state index >= 15 is 0 Å². The maximum Gasteiger partial charge on any atom is 0.332 e. The van der Waals surface area contributed by atoms with E-state index in [-0.39, 0.29) is 18.6 Å². The molecule has 114 valence electrons. The summed E-state index contributed by atoms with van der Waals surface area (Å²) < 4.78 is 10.6. The highest BCUT2D eigenvalue weighted by atomic mass is 16.5. The fourth-order valence-corrected chi connectivity index (χ4v) is 2.15. The molecule has 2 atom stereocenters. The molecule has 2 unspecified atom stereocenters. The van der Waals surface area contributed by atoms with Crippen LogP contribution in [0.15, 0.2) is 30.3 Å². The number of hydrogen-bond donors (Lipinski definition) is 2. The van der Waals surface area contributed by atoms with Gasteiger partial charge in [0, 0.05) is 6.54 Å². The van der Waals surface area contributed by atoms with Crippen LogP contribution in [0.3, 0.4) is 0 Å². The van der Waals surface area contributed by atoms with Gasteiger partial charge in [-0.2, -0.15) is 0 Å². The summed E-state index contributed by atoms with van der Waals surface area (Å²) in [5.74, 6) is -1.18. The molecule has 1 aromatic rings. The first kappa shape index (κ1) is 15.5. The molecule has 0 saturated carbocycles. The number of ether oxygens (including phenoxy) is 2. The summed E-state index contributed by atoms with van der Waals surface area (Å²) in [6, 6.07) is 9.60.